The maximum absolute atomic E-state index is 13.1. The molecule has 0 unspecified atom stereocenters. The number of rotatable bonds is 2. The van der Waals surface area contributed by atoms with Crippen LogP contribution >= 0.6 is 0 Å². The maximum Gasteiger partial charge on any atom is 0.278 e. The Kier molecular flexibility index (Phi) is 3.96. The molecular formula is C19H16N4O3. The van der Waals surface area contributed by atoms with Gasteiger partial charge in [-0.25, -0.2) is 4.98 Å². The minimum absolute atomic E-state index is 0.101. The molecular weight excluding hydrogens is 332 g/mol. The van der Waals surface area contributed by atoms with Crippen molar-refractivity contribution in [1.29, 1.82) is 0 Å². The highest BCUT2D eigenvalue weighted by molar-refractivity contribution is 6.07. The van der Waals surface area contributed by atoms with E-state index >= 15 is 0 Å². The number of ether oxygens (including phenoxy) is 1. The zero-order chi connectivity index (χ0) is 18.1. The highest BCUT2D eigenvalue weighted by Gasteiger charge is 2.34. The van der Waals surface area contributed by atoms with E-state index in [4.69, 9.17) is 4.74 Å². The highest BCUT2D eigenvalue weighted by Crippen LogP contribution is 2.34. The Labute approximate surface area is 149 Å². The number of carbonyl (C=O) groups is 2. The maximum atomic E-state index is 13.1. The molecule has 1 N–H and O–H groups in total. The molecule has 1 aliphatic rings. The van der Waals surface area contributed by atoms with Crippen molar-refractivity contribution < 1.29 is 14.3 Å². The first-order valence-electron chi connectivity index (χ1n) is 8.18. The molecule has 2 aromatic carbocycles. The lowest BCUT2D eigenvalue weighted by Gasteiger charge is -2.33. The number of carbonyl (C=O) groups excluding carboxylic acids is 2. The fourth-order valence-corrected chi connectivity index (χ4v) is 2.92. The Balaban J connectivity index is 1.74. The van der Waals surface area contributed by atoms with Crippen molar-refractivity contribution in [1.82, 2.24) is 15.3 Å². The van der Waals surface area contributed by atoms with Gasteiger partial charge in [-0.05, 0) is 24.3 Å². The van der Waals surface area contributed by atoms with Crippen LogP contribution < -0.4 is 15.0 Å². The summed E-state index contributed by atoms with van der Waals surface area (Å²) < 4.78 is 5.73. The predicted molar refractivity (Wildman–Crippen MR) is 96.1 cm³/mol. The van der Waals surface area contributed by atoms with Crippen molar-refractivity contribution in [3.8, 4) is 5.75 Å². The molecule has 7 heteroatoms. The number of hydrogen-bond donors (Lipinski definition) is 1. The summed E-state index contributed by atoms with van der Waals surface area (Å²) >= 11 is 0. The summed E-state index contributed by atoms with van der Waals surface area (Å²) in [6.07, 6.45) is 0.671. The van der Waals surface area contributed by atoms with Crippen LogP contribution in [0.1, 0.15) is 10.5 Å². The Bertz CT molecular complexity index is 1000. The smallest absolute Gasteiger partial charge is 0.278 e. The molecule has 0 saturated heterocycles. The largest absolute Gasteiger partial charge is 0.477 e. The lowest BCUT2D eigenvalue weighted by atomic mass is 10.1. The van der Waals surface area contributed by atoms with Gasteiger partial charge in [0.15, 0.2) is 6.10 Å². The number of nitrogens with zero attached hydrogens (tertiary/aromatic N) is 3. The SMILES string of the molecule is CNC(=O)[C@@H]1CN(C(=O)c2cnc3ccccc3n2)c2ccccc2O1. The van der Waals surface area contributed by atoms with E-state index < -0.39 is 6.10 Å². The van der Waals surface area contributed by atoms with Crippen LogP contribution in [0.3, 0.4) is 0 Å². The lowest BCUT2D eigenvalue weighted by Crippen LogP contribution is -2.50. The minimum Gasteiger partial charge on any atom is -0.477 e. The first kappa shape index (κ1) is 16.0. The second-order valence-electron chi connectivity index (χ2n) is 5.85. The molecule has 26 heavy (non-hydrogen) atoms. The molecule has 0 radical (unpaired) electrons. The summed E-state index contributed by atoms with van der Waals surface area (Å²) in [5.41, 5.74) is 2.18. The van der Waals surface area contributed by atoms with Gasteiger partial charge >= 0.3 is 0 Å². The van der Waals surface area contributed by atoms with Crippen molar-refractivity contribution in [3.05, 3.63) is 60.4 Å². The first-order valence-corrected chi connectivity index (χ1v) is 8.18. The lowest BCUT2D eigenvalue weighted by molar-refractivity contribution is -0.127. The number of fused-ring (bicyclic) bond motifs is 2. The molecule has 4 rings (SSSR count). The number of benzene rings is 2. The number of amides is 2. The number of hydrogen-bond acceptors (Lipinski definition) is 5. The average Bonchev–Trinajstić information content (AvgIpc) is 2.71. The summed E-state index contributed by atoms with van der Waals surface area (Å²) in [4.78, 5) is 35.4. The number of likely N-dealkylation sites (N-methyl/N-ethyl adjacent to an activating group) is 1. The molecule has 1 aromatic heterocycles. The van der Waals surface area contributed by atoms with Gasteiger partial charge in [-0.3, -0.25) is 19.5 Å². The quantitative estimate of drug-likeness (QED) is 0.763. The zero-order valence-corrected chi connectivity index (χ0v) is 14.0. The third-order valence-electron chi connectivity index (χ3n) is 4.23. The van der Waals surface area contributed by atoms with E-state index in [1.165, 1.54) is 18.1 Å². The van der Waals surface area contributed by atoms with Gasteiger partial charge in [-0.15, -0.1) is 0 Å². The summed E-state index contributed by atoms with van der Waals surface area (Å²) in [7, 11) is 1.53. The molecule has 2 heterocycles. The normalized spacial score (nSPS) is 15.9. The average molecular weight is 348 g/mol. The minimum atomic E-state index is -0.785. The van der Waals surface area contributed by atoms with E-state index in [0.717, 1.165) is 5.52 Å². The van der Waals surface area contributed by atoms with Gasteiger partial charge < -0.3 is 10.1 Å². The number of anilines is 1. The molecule has 0 spiro atoms. The van der Waals surface area contributed by atoms with Crippen LogP contribution in [0.2, 0.25) is 0 Å². The van der Waals surface area contributed by atoms with Gasteiger partial charge in [0.25, 0.3) is 11.8 Å². The van der Waals surface area contributed by atoms with Crippen LogP contribution in [-0.2, 0) is 4.79 Å². The molecule has 1 atom stereocenters. The Morgan fingerprint density at radius 2 is 1.85 bits per heavy atom. The van der Waals surface area contributed by atoms with Crippen LogP contribution in [-0.4, -0.2) is 41.5 Å². The monoisotopic (exact) mass is 348 g/mol. The fraction of sp³-hybridized carbons (Fsp3) is 0.158. The van der Waals surface area contributed by atoms with Crippen molar-refractivity contribution in [3.63, 3.8) is 0 Å². The second kappa shape index (κ2) is 6.44. The summed E-state index contributed by atoms with van der Waals surface area (Å²) in [5, 5.41) is 2.56. The van der Waals surface area contributed by atoms with Crippen LogP contribution in [0.4, 0.5) is 5.69 Å². The van der Waals surface area contributed by atoms with Crippen LogP contribution in [0, 0.1) is 0 Å². The molecule has 3 aromatic rings. The number of para-hydroxylation sites is 4. The third-order valence-corrected chi connectivity index (χ3v) is 4.23. The zero-order valence-electron chi connectivity index (χ0n) is 14.0. The van der Waals surface area contributed by atoms with Gasteiger partial charge in [-0.2, -0.15) is 0 Å². The summed E-state index contributed by atoms with van der Waals surface area (Å²) in [5.74, 6) is -0.135. The van der Waals surface area contributed by atoms with E-state index in [9.17, 15) is 9.59 Å². The standard InChI is InChI=1S/C19H16N4O3/c1-20-18(24)17-11-23(15-8-4-5-9-16(15)26-17)19(25)14-10-21-12-6-2-3-7-13(12)22-14/h2-10,17H,11H2,1H3,(H,20,24)/t17-/m0/s1. The van der Waals surface area contributed by atoms with E-state index in [1.807, 2.05) is 24.3 Å². The van der Waals surface area contributed by atoms with Gasteiger partial charge in [0.05, 0.1) is 29.5 Å². The van der Waals surface area contributed by atoms with Crippen molar-refractivity contribution in [2.45, 2.75) is 6.10 Å². The Morgan fingerprint density at radius 3 is 2.65 bits per heavy atom. The Morgan fingerprint density at radius 1 is 1.12 bits per heavy atom. The van der Waals surface area contributed by atoms with E-state index in [-0.39, 0.29) is 24.1 Å². The van der Waals surface area contributed by atoms with Crippen molar-refractivity contribution in [2.24, 2.45) is 0 Å². The predicted octanol–water partition coefficient (Wildman–Crippen LogP) is 1.78. The molecule has 7 nitrogen and oxygen atoms in total. The molecule has 0 saturated carbocycles. The van der Waals surface area contributed by atoms with Crippen molar-refractivity contribution in [2.75, 3.05) is 18.5 Å². The van der Waals surface area contributed by atoms with E-state index in [2.05, 4.69) is 15.3 Å². The highest BCUT2D eigenvalue weighted by atomic mass is 16.5. The van der Waals surface area contributed by atoms with Gasteiger partial charge in [0, 0.05) is 7.05 Å². The van der Waals surface area contributed by atoms with Gasteiger partial charge in [-0.1, -0.05) is 24.3 Å². The summed E-state index contributed by atoms with van der Waals surface area (Å²) in [6.45, 7) is 0.101. The first-order chi connectivity index (χ1) is 12.7. The topological polar surface area (TPSA) is 84.4 Å². The van der Waals surface area contributed by atoms with Crippen LogP contribution in [0.5, 0.6) is 5.75 Å². The van der Waals surface area contributed by atoms with Gasteiger partial charge in [0.2, 0.25) is 0 Å². The Hall–Kier alpha value is -3.48. The third kappa shape index (κ3) is 2.73. The number of aromatic nitrogens is 2. The number of nitrogens with one attached hydrogen (secondary N) is 1. The molecule has 0 fully saturated rings. The molecule has 130 valence electrons. The van der Waals surface area contributed by atoms with Crippen molar-refractivity contribution >= 4 is 28.5 Å². The van der Waals surface area contributed by atoms with E-state index in [1.54, 1.807) is 24.3 Å². The van der Waals surface area contributed by atoms with Crippen LogP contribution in [0.25, 0.3) is 11.0 Å². The van der Waals surface area contributed by atoms with Crippen LogP contribution in [0.15, 0.2) is 54.7 Å². The molecule has 0 aliphatic carbocycles. The second-order valence-corrected chi connectivity index (χ2v) is 5.85. The molecule has 2 amide bonds. The molecule has 1 aliphatic heterocycles. The van der Waals surface area contributed by atoms with E-state index in [0.29, 0.717) is 17.0 Å². The van der Waals surface area contributed by atoms with Gasteiger partial charge in [0.1, 0.15) is 11.4 Å². The fourth-order valence-electron chi connectivity index (χ4n) is 2.92. The summed E-state index contributed by atoms with van der Waals surface area (Å²) in [6, 6.07) is 14.5. The molecule has 0 bridgehead atoms.